The van der Waals surface area contributed by atoms with E-state index in [-0.39, 0.29) is 6.03 Å². The maximum absolute atomic E-state index is 11.7. The van der Waals surface area contributed by atoms with Gasteiger partial charge >= 0.3 is 6.03 Å². The number of carbonyl (C=O) groups is 1. The molecule has 23 heavy (non-hydrogen) atoms. The highest BCUT2D eigenvalue weighted by Gasteiger charge is 2.21. The molecule has 7 heteroatoms. The zero-order valence-corrected chi connectivity index (χ0v) is 15.0. The predicted molar refractivity (Wildman–Crippen MR) is 94.6 cm³/mol. The Kier molecular flexibility index (Phi) is 4.41. The lowest BCUT2D eigenvalue weighted by atomic mass is 10.2. The smallest absolute Gasteiger partial charge is 0.321 e. The van der Waals surface area contributed by atoms with Gasteiger partial charge < -0.3 is 14.6 Å². The van der Waals surface area contributed by atoms with Gasteiger partial charge in [0.1, 0.15) is 6.73 Å². The first-order valence-corrected chi connectivity index (χ1v) is 11.7. The molecule has 3 rings (SSSR count). The van der Waals surface area contributed by atoms with E-state index >= 15 is 0 Å². The standard InChI is InChI=1S/C16H24N4O2Si/c1-23(2,3)9-8-22-12-19-11-18-14-10-13(4-5-15(14)19)20-7-6-17-16(20)21/h4-5,10-11H,6-9,12H2,1-3H3,(H,17,21). The van der Waals surface area contributed by atoms with E-state index in [0.29, 0.717) is 19.8 Å². The van der Waals surface area contributed by atoms with E-state index in [0.717, 1.165) is 29.4 Å². The van der Waals surface area contributed by atoms with Crippen LogP contribution in [0.2, 0.25) is 25.7 Å². The highest BCUT2D eigenvalue weighted by molar-refractivity contribution is 6.76. The van der Waals surface area contributed by atoms with Crippen LogP contribution in [0.5, 0.6) is 0 Å². The van der Waals surface area contributed by atoms with Crippen LogP contribution in [-0.2, 0) is 11.5 Å². The molecule has 1 aliphatic rings. The first kappa shape index (κ1) is 16.0. The van der Waals surface area contributed by atoms with E-state index in [2.05, 4.69) is 29.9 Å². The molecule has 0 spiro atoms. The molecule has 0 saturated carbocycles. The summed E-state index contributed by atoms with van der Waals surface area (Å²) in [5, 5.41) is 2.81. The largest absolute Gasteiger partial charge is 0.361 e. The lowest BCUT2D eigenvalue weighted by Crippen LogP contribution is -2.27. The Bertz CT molecular complexity index is 708. The van der Waals surface area contributed by atoms with Crippen molar-refractivity contribution in [3.8, 4) is 0 Å². The van der Waals surface area contributed by atoms with Gasteiger partial charge in [-0.2, -0.15) is 0 Å². The fourth-order valence-corrected chi connectivity index (χ4v) is 3.34. The second kappa shape index (κ2) is 6.33. The number of benzene rings is 1. The lowest BCUT2D eigenvalue weighted by molar-refractivity contribution is 0.0898. The third-order valence-corrected chi connectivity index (χ3v) is 5.70. The van der Waals surface area contributed by atoms with Gasteiger partial charge in [0.15, 0.2) is 0 Å². The molecular formula is C16H24N4O2Si. The number of fused-ring (bicyclic) bond motifs is 1. The summed E-state index contributed by atoms with van der Waals surface area (Å²) in [6.07, 6.45) is 1.80. The molecule has 2 amide bonds. The van der Waals surface area contributed by atoms with Crippen molar-refractivity contribution in [2.75, 3.05) is 24.6 Å². The summed E-state index contributed by atoms with van der Waals surface area (Å²) in [6, 6.07) is 7.05. The fourth-order valence-electron chi connectivity index (χ4n) is 2.58. The van der Waals surface area contributed by atoms with Crippen LogP contribution in [0.1, 0.15) is 0 Å². The molecule has 0 atom stereocenters. The molecule has 0 aliphatic carbocycles. The fraction of sp³-hybridized carbons (Fsp3) is 0.500. The minimum atomic E-state index is -1.06. The van der Waals surface area contributed by atoms with Crippen LogP contribution in [0, 0.1) is 0 Å². The van der Waals surface area contributed by atoms with Gasteiger partial charge in [-0.3, -0.25) is 4.90 Å². The second-order valence-electron chi connectivity index (χ2n) is 7.12. The number of urea groups is 1. The van der Waals surface area contributed by atoms with Gasteiger partial charge in [-0.25, -0.2) is 9.78 Å². The molecule has 1 aromatic heterocycles. The Morgan fingerprint density at radius 1 is 1.35 bits per heavy atom. The molecule has 0 bridgehead atoms. The number of nitrogens with zero attached hydrogens (tertiary/aromatic N) is 3. The summed E-state index contributed by atoms with van der Waals surface area (Å²) in [7, 11) is -1.06. The number of aromatic nitrogens is 2. The molecule has 1 aromatic carbocycles. The topological polar surface area (TPSA) is 59.4 Å². The van der Waals surface area contributed by atoms with Crippen LogP contribution < -0.4 is 10.2 Å². The number of amides is 2. The number of nitrogens with one attached hydrogen (secondary N) is 1. The Balaban J connectivity index is 1.68. The number of hydrogen-bond acceptors (Lipinski definition) is 3. The van der Waals surface area contributed by atoms with Crippen molar-refractivity contribution >= 4 is 30.8 Å². The van der Waals surface area contributed by atoms with Crippen LogP contribution in [0.4, 0.5) is 10.5 Å². The third-order valence-electron chi connectivity index (χ3n) is 4.00. The predicted octanol–water partition coefficient (Wildman–Crippen LogP) is 2.88. The molecule has 1 N–H and O–H groups in total. The lowest BCUT2D eigenvalue weighted by Gasteiger charge is -2.16. The minimum Gasteiger partial charge on any atom is -0.361 e. The van der Waals surface area contributed by atoms with E-state index in [1.807, 2.05) is 22.8 Å². The van der Waals surface area contributed by atoms with Gasteiger partial charge in [-0.1, -0.05) is 19.6 Å². The average molecular weight is 332 g/mol. The van der Waals surface area contributed by atoms with Crippen molar-refractivity contribution in [2.45, 2.75) is 32.4 Å². The SMILES string of the molecule is C[Si](C)(C)CCOCn1cnc2cc(N3CCNC3=O)ccc21. The number of carbonyl (C=O) groups excluding carboxylic acids is 1. The van der Waals surface area contributed by atoms with E-state index in [4.69, 9.17) is 4.74 Å². The summed E-state index contributed by atoms with van der Waals surface area (Å²) in [6.45, 7) is 9.74. The summed E-state index contributed by atoms with van der Waals surface area (Å²) in [5.41, 5.74) is 2.80. The molecule has 0 radical (unpaired) electrons. The number of rotatable bonds is 6. The van der Waals surface area contributed by atoms with Gasteiger partial charge in [0, 0.05) is 33.5 Å². The summed E-state index contributed by atoms with van der Waals surface area (Å²) >= 11 is 0. The monoisotopic (exact) mass is 332 g/mol. The zero-order valence-electron chi connectivity index (χ0n) is 14.0. The number of ether oxygens (including phenoxy) is 1. The van der Waals surface area contributed by atoms with Crippen molar-refractivity contribution in [3.05, 3.63) is 24.5 Å². The minimum absolute atomic E-state index is 0.0431. The quantitative estimate of drug-likeness (QED) is 0.653. The zero-order chi connectivity index (χ0) is 16.4. The molecule has 1 saturated heterocycles. The first-order valence-electron chi connectivity index (χ1n) is 8.02. The Morgan fingerprint density at radius 3 is 2.87 bits per heavy atom. The normalized spacial score (nSPS) is 15.4. The van der Waals surface area contributed by atoms with Crippen LogP contribution in [0.25, 0.3) is 11.0 Å². The Labute approximate surface area is 137 Å². The maximum Gasteiger partial charge on any atom is 0.321 e. The second-order valence-corrected chi connectivity index (χ2v) is 12.7. The van der Waals surface area contributed by atoms with E-state index < -0.39 is 8.07 Å². The van der Waals surface area contributed by atoms with Crippen molar-refractivity contribution in [1.29, 1.82) is 0 Å². The Morgan fingerprint density at radius 2 is 2.17 bits per heavy atom. The number of imidazole rings is 1. The summed E-state index contributed by atoms with van der Waals surface area (Å²) < 4.78 is 7.80. The molecule has 1 fully saturated rings. The number of hydrogen-bond donors (Lipinski definition) is 1. The first-order chi connectivity index (χ1) is 10.9. The van der Waals surface area contributed by atoms with Crippen LogP contribution in [0.3, 0.4) is 0 Å². The van der Waals surface area contributed by atoms with Crippen molar-refractivity contribution in [2.24, 2.45) is 0 Å². The van der Waals surface area contributed by atoms with Crippen molar-refractivity contribution < 1.29 is 9.53 Å². The molecular weight excluding hydrogens is 308 g/mol. The van der Waals surface area contributed by atoms with Gasteiger partial charge in [0.25, 0.3) is 0 Å². The molecule has 0 unspecified atom stereocenters. The highest BCUT2D eigenvalue weighted by Crippen LogP contribution is 2.22. The van der Waals surface area contributed by atoms with Crippen LogP contribution in [-0.4, -0.2) is 43.4 Å². The van der Waals surface area contributed by atoms with Crippen LogP contribution >= 0.6 is 0 Å². The van der Waals surface area contributed by atoms with Crippen molar-refractivity contribution in [1.82, 2.24) is 14.9 Å². The summed E-state index contributed by atoms with van der Waals surface area (Å²) in [4.78, 5) is 17.9. The third kappa shape index (κ3) is 3.73. The van der Waals surface area contributed by atoms with Crippen LogP contribution in [0.15, 0.2) is 24.5 Å². The highest BCUT2D eigenvalue weighted by atomic mass is 28.3. The van der Waals surface area contributed by atoms with E-state index in [9.17, 15) is 4.79 Å². The van der Waals surface area contributed by atoms with Gasteiger partial charge in [0.2, 0.25) is 0 Å². The van der Waals surface area contributed by atoms with Gasteiger partial charge in [0.05, 0.1) is 17.4 Å². The van der Waals surface area contributed by atoms with Gasteiger partial charge in [-0.15, -0.1) is 0 Å². The Hall–Kier alpha value is -1.86. The molecule has 1 aliphatic heterocycles. The molecule has 6 nitrogen and oxygen atoms in total. The average Bonchev–Trinajstić information content (AvgIpc) is 3.08. The molecule has 2 aromatic rings. The molecule has 124 valence electrons. The number of anilines is 1. The maximum atomic E-state index is 11.7. The van der Waals surface area contributed by atoms with E-state index in [1.54, 1.807) is 11.2 Å². The van der Waals surface area contributed by atoms with E-state index in [1.165, 1.54) is 0 Å². The molecule has 2 heterocycles. The van der Waals surface area contributed by atoms with Gasteiger partial charge in [-0.05, 0) is 24.2 Å². The van der Waals surface area contributed by atoms with Crippen molar-refractivity contribution in [3.63, 3.8) is 0 Å². The summed E-state index contributed by atoms with van der Waals surface area (Å²) in [5.74, 6) is 0.